The molecule has 1 atom stereocenters. The fraction of sp³-hybridized carbons (Fsp3) is 0.444. The Balaban J connectivity index is 2.32. The van der Waals surface area contributed by atoms with Gasteiger partial charge in [-0.1, -0.05) is 0 Å². The van der Waals surface area contributed by atoms with Crippen molar-refractivity contribution in [3.05, 3.63) is 12.2 Å². The van der Waals surface area contributed by atoms with E-state index in [2.05, 4.69) is 10.6 Å². The lowest BCUT2D eigenvalue weighted by atomic mass is 10.1. The Hall–Kier alpha value is -1.85. The summed E-state index contributed by atoms with van der Waals surface area (Å²) in [4.78, 5) is 32.0. The number of hydrogen-bond donors (Lipinski definition) is 3. The van der Waals surface area contributed by atoms with E-state index in [1.54, 1.807) is 0 Å². The molecule has 0 spiro atoms. The molecule has 1 unspecified atom stereocenters. The third-order valence-electron chi connectivity index (χ3n) is 1.99. The summed E-state index contributed by atoms with van der Waals surface area (Å²) >= 11 is 0. The molecule has 0 aromatic rings. The van der Waals surface area contributed by atoms with Crippen LogP contribution >= 0.6 is 0 Å². The number of aliphatic carboxylic acids is 1. The molecule has 0 aromatic heterocycles. The molecular weight excluding hydrogens is 200 g/mol. The standard InChI is InChI=1S/C9H12N2O4/c12-7-2-1-6(5-10-7)11-8(13)3-4-9(14)15/h3-4,6H,1-2,5H2,(H,10,12)(H,11,13)(H,14,15). The Morgan fingerprint density at radius 3 is 2.73 bits per heavy atom. The number of piperidine rings is 1. The molecule has 0 aliphatic carbocycles. The highest BCUT2D eigenvalue weighted by atomic mass is 16.4. The van der Waals surface area contributed by atoms with Gasteiger partial charge in [0.25, 0.3) is 0 Å². The smallest absolute Gasteiger partial charge is 0.328 e. The van der Waals surface area contributed by atoms with E-state index in [1.165, 1.54) is 0 Å². The normalized spacial score (nSPS) is 21.1. The zero-order valence-corrected chi connectivity index (χ0v) is 8.03. The van der Waals surface area contributed by atoms with Crippen LogP contribution in [0.4, 0.5) is 0 Å². The second kappa shape index (κ2) is 5.14. The monoisotopic (exact) mass is 212 g/mol. The molecule has 3 N–H and O–H groups in total. The van der Waals surface area contributed by atoms with Crippen molar-refractivity contribution in [1.29, 1.82) is 0 Å². The molecule has 1 saturated heterocycles. The lowest BCUT2D eigenvalue weighted by Gasteiger charge is -2.22. The summed E-state index contributed by atoms with van der Waals surface area (Å²) in [6.07, 6.45) is 2.70. The first-order valence-corrected chi connectivity index (χ1v) is 4.56. The minimum absolute atomic E-state index is 0.0263. The van der Waals surface area contributed by atoms with Crippen LogP contribution in [0.5, 0.6) is 0 Å². The molecule has 82 valence electrons. The Morgan fingerprint density at radius 2 is 2.20 bits per heavy atom. The first-order chi connectivity index (χ1) is 7.08. The highest BCUT2D eigenvalue weighted by Gasteiger charge is 2.18. The molecule has 1 heterocycles. The minimum Gasteiger partial charge on any atom is -0.478 e. The van der Waals surface area contributed by atoms with Crippen molar-refractivity contribution in [2.24, 2.45) is 0 Å². The van der Waals surface area contributed by atoms with Crippen LogP contribution in [0.3, 0.4) is 0 Å². The van der Waals surface area contributed by atoms with Gasteiger partial charge in [-0.25, -0.2) is 4.79 Å². The van der Waals surface area contributed by atoms with Crippen LogP contribution in [0.1, 0.15) is 12.8 Å². The van der Waals surface area contributed by atoms with Gasteiger partial charge in [-0.15, -0.1) is 0 Å². The Bertz CT molecular complexity index is 301. The van der Waals surface area contributed by atoms with Crippen LogP contribution in [0, 0.1) is 0 Å². The maximum atomic E-state index is 11.1. The van der Waals surface area contributed by atoms with Gasteiger partial charge in [-0.05, 0) is 6.42 Å². The molecule has 2 amide bonds. The van der Waals surface area contributed by atoms with E-state index in [9.17, 15) is 14.4 Å². The van der Waals surface area contributed by atoms with Crippen molar-refractivity contribution >= 4 is 17.8 Å². The molecule has 0 aromatic carbocycles. The number of carboxylic acid groups (broad SMARTS) is 1. The minimum atomic E-state index is -1.16. The maximum Gasteiger partial charge on any atom is 0.328 e. The largest absolute Gasteiger partial charge is 0.478 e. The van der Waals surface area contributed by atoms with E-state index in [4.69, 9.17) is 5.11 Å². The predicted molar refractivity (Wildman–Crippen MR) is 51.0 cm³/mol. The van der Waals surface area contributed by atoms with Crippen molar-refractivity contribution in [2.75, 3.05) is 6.54 Å². The number of carbonyl (C=O) groups is 3. The van der Waals surface area contributed by atoms with Crippen LogP contribution in [-0.4, -0.2) is 35.5 Å². The number of rotatable bonds is 3. The van der Waals surface area contributed by atoms with Crippen molar-refractivity contribution in [3.8, 4) is 0 Å². The topological polar surface area (TPSA) is 95.5 Å². The van der Waals surface area contributed by atoms with E-state index in [0.29, 0.717) is 19.4 Å². The summed E-state index contributed by atoms with van der Waals surface area (Å²) in [5.41, 5.74) is 0. The second-order valence-corrected chi connectivity index (χ2v) is 3.22. The average molecular weight is 212 g/mol. The van der Waals surface area contributed by atoms with Crippen LogP contribution in [-0.2, 0) is 14.4 Å². The Morgan fingerprint density at radius 1 is 1.47 bits per heavy atom. The summed E-state index contributed by atoms with van der Waals surface area (Å²) in [6.45, 7) is 0.394. The Kier molecular flexibility index (Phi) is 3.84. The molecule has 1 fully saturated rings. The second-order valence-electron chi connectivity index (χ2n) is 3.22. The van der Waals surface area contributed by atoms with E-state index in [0.717, 1.165) is 12.2 Å². The molecule has 6 heteroatoms. The lowest BCUT2D eigenvalue weighted by molar-refractivity contribution is -0.131. The summed E-state index contributed by atoms with van der Waals surface area (Å²) in [6, 6.07) is -0.117. The van der Waals surface area contributed by atoms with E-state index >= 15 is 0 Å². The van der Waals surface area contributed by atoms with Gasteiger partial charge in [0, 0.05) is 31.2 Å². The SMILES string of the molecule is O=C(O)C=CC(=O)NC1CCC(=O)NC1. The third kappa shape index (κ3) is 4.26. The lowest BCUT2D eigenvalue weighted by Crippen LogP contribution is -2.47. The summed E-state index contributed by atoms with van der Waals surface area (Å²) in [5.74, 6) is -1.65. The molecule has 0 radical (unpaired) electrons. The molecule has 6 nitrogen and oxygen atoms in total. The number of amides is 2. The maximum absolute atomic E-state index is 11.1. The van der Waals surface area contributed by atoms with Gasteiger partial charge in [-0.3, -0.25) is 9.59 Å². The van der Waals surface area contributed by atoms with Crippen molar-refractivity contribution in [1.82, 2.24) is 10.6 Å². The molecule has 0 bridgehead atoms. The molecule has 0 saturated carbocycles. The highest BCUT2D eigenvalue weighted by Crippen LogP contribution is 2.02. The van der Waals surface area contributed by atoms with E-state index in [1.807, 2.05) is 0 Å². The Labute approximate surface area is 86.3 Å². The van der Waals surface area contributed by atoms with Gasteiger partial charge >= 0.3 is 5.97 Å². The number of carboxylic acids is 1. The van der Waals surface area contributed by atoms with Gasteiger partial charge in [0.15, 0.2) is 0 Å². The van der Waals surface area contributed by atoms with Crippen LogP contribution in [0.2, 0.25) is 0 Å². The predicted octanol–water partition coefficient (Wildman–Crippen LogP) is -0.978. The quantitative estimate of drug-likeness (QED) is 0.524. The first-order valence-electron chi connectivity index (χ1n) is 4.56. The summed E-state index contributed by atoms with van der Waals surface area (Å²) in [5, 5.41) is 13.5. The number of nitrogens with one attached hydrogen (secondary N) is 2. The summed E-state index contributed by atoms with van der Waals surface area (Å²) in [7, 11) is 0. The average Bonchev–Trinajstić information content (AvgIpc) is 2.19. The van der Waals surface area contributed by atoms with Gasteiger partial charge in [0.05, 0.1) is 0 Å². The molecule has 1 aliphatic rings. The van der Waals surface area contributed by atoms with Crippen molar-refractivity contribution < 1.29 is 19.5 Å². The fourth-order valence-electron chi connectivity index (χ4n) is 1.25. The van der Waals surface area contributed by atoms with Gasteiger partial charge in [0.1, 0.15) is 0 Å². The zero-order valence-electron chi connectivity index (χ0n) is 8.03. The van der Waals surface area contributed by atoms with Crippen LogP contribution in [0.15, 0.2) is 12.2 Å². The van der Waals surface area contributed by atoms with Crippen molar-refractivity contribution in [2.45, 2.75) is 18.9 Å². The van der Waals surface area contributed by atoms with Gasteiger partial charge < -0.3 is 15.7 Å². The fourth-order valence-corrected chi connectivity index (χ4v) is 1.25. The summed E-state index contributed by atoms with van der Waals surface area (Å²) < 4.78 is 0. The van der Waals surface area contributed by atoms with Crippen LogP contribution < -0.4 is 10.6 Å². The van der Waals surface area contributed by atoms with E-state index in [-0.39, 0.29) is 11.9 Å². The van der Waals surface area contributed by atoms with Crippen molar-refractivity contribution in [3.63, 3.8) is 0 Å². The highest BCUT2D eigenvalue weighted by molar-refractivity contribution is 5.94. The molecule has 15 heavy (non-hydrogen) atoms. The van der Waals surface area contributed by atoms with Crippen LogP contribution in [0.25, 0.3) is 0 Å². The third-order valence-corrected chi connectivity index (χ3v) is 1.99. The van der Waals surface area contributed by atoms with Gasteiger partial charge in [0.2, 0.25) is 11.8 Å². The molecule has 1 rings (SSSR count). The first kappa shape index (κ1) is 11.2. The molecular formula is C9H12N2O4. The van der Waals surface area contributed by atoms with Gasteiger partial charge in [-0.2, -0.15) is 0 Å². The number of carbonyl (C=O) groups excluding carboxylic acids is 2. The zero-order chi connectivity index (χ0) is 11.3. The molecule has 1 aliphatic heterocycles. The van der Waals surface area contributed by atoms with E-state index < -0.39 is 11.9 Å². The number of hydrogen-bond acceptors (Lipinski definition) is 3.